The minimum atomic E-state index is -0.826. The van der Waals surface area contributed by atoms with Gasteiger partial charge in [0.05, 0.1) is 0 Å². The van der Waals surface area contributed by atoms with Crippen LogP contribution in [-0.2, 0) is 42.5 Å². The predicted molar refractivity (Wildman–Crippen MR) is 262 cm³/mol. The first-order valence-corrected chi connectivity index (χ1v) is 29.4. The van der Waals surface area contributed by atoms with E-state index < -0.39 is 20.8 Å². The zero-order valence-electron chi connectivity index (χ0n) is 39.1. The van der Waals surface area contributed by atoms with Crippen molar-refractivity contribution in [2.24, 2.45) is 0 Å². The summed E-state index contributed by atoms with van der Waals surface area (Å²) in [6, 6.07) is 36.8. The van der Waals surface area contributed by atoms with Crippen LogP contribution in [0.5, 0.6) is 0 Å². The van der Waals surface area contributed by atoms with Crippen molar-refractivity contribution < 1.29 is 20.8 Å². The SMILES string of the molecule is CC(C)c1ccccc1-c1c(C(C)(C)C)ccc2[cH-]c(C(C)(C)C)cc12.CC(C)c1ccccc1-c1c(C(C)(C)C)ccc2[cH-]c(C(C)(C)C)cc12.C[Si]C.[Cl][Zr+2][Cl]. The van der Waals surface area contributed by atoms with Gasteiger partial charge in [0, 0.05) is 9.52 Å². The van der Waals surface area contributed by atoms with Crippen LogP contribution in [-0.4, -0.2) is 9.52 Å². The van der Waals surface area contributed by atoms with Gasteiger partial charge < -0.3 is 0 Å². The molecule has 0 aliphatic heterocycles. The molecule has 0 unspecified atom stereocenters. The van der Waals surface area contributed by atoms with E-state index >= 15 is 0 Å². The Hall–Kier alpha value is -2.22. The molecule has 0 aliphatic rings. The van der Waals surface area contributed by atoms with E-state index in [1.165, 1.54) is 77.2 Å². The number of rotatable bonds is 4. The van der Waals surface area contributed by atoms with Crippen LogP contribution in [0.3, 0.4) is 0 Å². The third-order valence-corrected chi connectivity index (χ3v) is 10.8. The molecule has 6 aromatic carbocycles. The summed E-state index contributed by atoms with van der Waals surface area (Å²) < 4.78 is 0. The van der Waals surface area contributed by atoms with Crippen molar-refractivity contribution in [1.29, 1.82) is 0 Å². The second-order valence-electron chi connectivity index (χ2n) is 20.5. The minimum absolute atomic E-state index is 0.104. The van der Waals surface area contributed by atoms with E-state index in [4.69, 9.17) is 17.0 Å². The molecule has 0 bridgehead atoms. The van der Waals surface area contributed by atoms with E-state index in [0.29, 0.717) is 11.8 Å². The standard InChI is InChI=1S/2C26H33.C2H6Si.2ClH.Zr/c2*1-17(2)20-11-9-10-12-21(20)24-22-16-19(25(3,4)5)15-18(22)13-14-23(24)26(6,7)8;1-3-2;;;/h2*9-17H,1-8H3;1-2H3;2*1H;/q2*-1;;;;+4/p-2. The van der Waals surface area contributed by atoms with Crippen LogP contribution in [0.25, 0.3) is 43.8 Å². The first kappa shape index (κ1) is 50.1. The van der Waals surface area contributed by atoms with Gasteiger partial charge in [0.1, 0.15) is 0 Å². The zero-order chi connectivity index (χ0) is 44.0. The molecule has 0 aromatic heterocycles. The summed E-state index contributed by atoms with van der Waals surface area (Å²) in [6.07, 6.45) is 0. The molecule has 310 valence electrons. The number of halogens is 2. The molecule has 0 atom stereocenters. The van der Waals surface area contributed by atoms with Crippen LogP contribution in [0, 0.1) is 0 Å². The quantitative estimate of drug-likeness (QED) is 0.122. The van der Waals surface area contributed by atoms with Gasteiger partial charge in [-0.05, 0) is 55.7 Å². The number of hydrogen-bond acceptors (Lipinski definition) is 0. The van der Waals surface area contributed by atoms with Gasteiger partial charge in [0.2, 0.25) is 0 Å². The second-order valence-corrected chi connectivity index (χ2v) is 25.3. The fourth-order valence-corrected chi connectivity index (χ4v) is 7.72. The Kier molecular flexibility index (Phi) is 17.8. The van der Waals surface area contributed by atoms with E-state index in [2.05, 4.69) is 221 Å². The third-order valence-electron chi connectivity index (χ3n) is 10.8. The monoisotopic (exact) mass is 908 g/mol. The second kappa shape index (κ2) is 20.6. The molecule has 0 nitrogen and oxygen atoms in total. The van der Waals surface area contributed by atoms with Gasteiger partial charge in [-0.1, -0.05) is 195 Å². The molecule has 0 aliphatic carbocycles. The van der Waals surface area contributed by atoms with Crippen molar-refractivity contribution >= 4 is 48.1 Å². The number of fused-ring (bicyclic) bond motifs is 2. The normalized spacial score (nSPS) is 12.1. The summed E-state index contributed by atoms with van der Waals surface area (Å²) >= 11 is -0.826. The molecule has 58 heavy (non-hydrogen) atoms. The van der Waals surface area contributed by atoms with Crippen LogP contribution < -0.4 is 0 Å². The van der Waals surface area contributed by atoms with Crippen LogP contribution in [0.1, 0.15) is 156 Å². The molecule has 2 radical (unpaired) electrons. The summed E-state index contributed by atoms with van der Waals surface area (Å²) in [7, 11) is 11.0. The Morgan fingerprint density at radius 3 is 1.03 bits per heavy atom. The van der Waals surface area contributed by atoms with Gasteiger partial charge in [-0.3, -0.25) is 0 Å². The molecule has 0 spiro atoms. The fourth-order valence-electron chi connectivity index (χ4n) is 7.72. The van der Waals surface area contributed by atoms with Crippen molar-refractivity contribution in [2.75, 3.05) is 0 Å². The Morgan fingerprint density at radius 2 is 0.776 bits per heavy atom. The Labute approximate surface area is 376 Å². The van der Waals surface area contributed by atoms with Crippen molar-refractivity contribution in [3.05, 3.63) is 130 Å². The fraction of sp³-hybridized carbons (Fsp3) is 0.444. The van der Waals surface area contributed by atoms with E-state index in [1.807, 2.05) is 0 Å². The zero-order valence-corrected chi connectivity index (χ0v) is 44.1. The van der Waals surface area contributed by atoms with E-state index in [0.717, 1.165) is 9.52 Å². The first-order valence-electron chi connectivity index (χ1n) is 21.1. The topological polar surface area (TPSA) is 0 Å². The number of hydrogen-bond donors (Lipinski definition) is 0. The summed E-state index contributed by atoms with van der Waals surface area (Å²) in [5.74, 6) is 1.01. The van der Waals surface area contributed by atoms with Crippen molar-refractivity contribution in [3.63, 3.8) is 0 Å². The summed E-state index contributed by atoms with van der Waals surface area (Å²) in [6.45, 7) is 41.2. The third kappa shape index (κ3) is 12.4. The molecule has 0 N–H and O–H groups in total. The molecule has 0 saturated carbocycles. The van der Waals surface area contributed by atoms with Gasteiger partial charge in [0.15, 0.2) is 0 Å². The maximum atomic E-state index is 4.93. The van der Waals surface area contributed by atoms with Crippen molar-refractivity contribution in [3.8, 4) is 22.3 Å². The number of benzene rings is 4. The van der Waals surface area contributed by atoms with Gasteiger partial charge >= 0.3 is 37.9 Å². The summed E-state index contributed by atoms with van der Waals surface area (Å²) in [5.41, 5.74) is 14.7. The van der Waals surface area contributed by atoms with Crippen LogP contribution in [0.2, 0.25) is 13.1 Å². The maximum absolute atomic E-state index is 4.93. The summed E-state index contributed by atoms with van der Waals surface area (Å²) in [4.78, 5) is 0. The first-order chi connectivity index (χ1) is 26.8. The summed E-state index contributed by atoms with van der Waals surface area (Å²) in [5, 5.41) is 5.51. The predicted octanol–water partition coefficient (Wildman–Crippen LogP) is 18.1. The van der Waals surface area contributed by atoms with Crippen LogP contribution in [0.4, 0.5) is 0 Å². The molecule has 6 aromatic rings. The van der Waals surface area contributed by atoms with Crippen LogP contribution in [0.15, 0.2) is 97.1 Å². The van der Waals surface area contributed by atoms with E-state index in [1.54, 1.807) is 0 Å². The molecule has 0 saturated heterocycles. The van der Waals surface area contributed by atoms with E-state index in [-0.39, 0.29) is 21.7 Å². The molecule has 0 amide bonds. The van der Waals surface area contributed by atoms with Crippen molar-refractivity contribution in [2.45, 2.75) is 157 Å². The molecule has 6 rings (SSSR count). The van der Waals surface area contributed by atoms with Gasteiger partial charge in [-0.15, -0.1) is 69.1 Å². The molecule has 4 heteroatoms. The Bertz CT molecular complexity index is 2060. The van der Waals surface area contributed by atoms with Gasteiger partial charge in [-0.2, -0.15) is 12.1 Å². The van der Waals surface area contributed by atoms with Crippen molar-refractivity contribution in [1.82, 2.24) is 0 Å². The Balaban J connectivity index is 0.000000273. The Morgan fingerprint density at radius 1 is 0.483 bits per heavy atom. The average Bonchev–Trinajstić information content (AvgIpc) is 3.77. The van der Waals surface area contributed by atoms with E-state index in [9.17, 15) is 0 Å². The molecular formula is C54H72Cl2SiZr. The van der Waals surface area contributed by atoms with Gasteiger partial charge in [0.25, 0.3) is 0 Å². The molecule has 0 heterocycles. The molecular weight excluding hydrogens is 839 g/mol. The molecule has 0 fully saturated rings. The average molecular weight is 911 g/mol. The van der Waals surface area contributed by atoms with Crippen LogP contribution >= 0.6 is 17.0 Å². The van der Waals surface area contributed by atoms with Gasteiger partial charge in [-0.25, -0.2) is 0 Å².